The van der Waals surface area contributed by atoms with Gasteiger partial charge in [0.1, 0.15) is 5.84 Å². The molecule has 0 saturated heterocycles. The van der Waals surface area contributed by atoms with Crippen LogP contribution in [0.25, 0.3) is 4.85 Å². The zero-order valence-electron chi connectivity index (χ0n) is 14.5. The Balaban J connectivity index is 2.28. The normalized spacial score (nSPS) is 32.7. The highest BCUT2D eigenvalue weighted by Gasteiger charge is 2.55. The van der Waals surface area contributed by atoms with Gasteiger partial charge in [-0.2, -0.15) is 0 Å². The van der Waals surface area contributed by atoms with E-state index in [1.165, 1.54) is 5.57 Å². The maximum Gasteiger partial charge on any atom is 0.226 e. The van der Waals surface area contributed by atoms with Crippen LogP contribution >= 0.6 is 0 Å². The molecule has 23 heavy (non-hydrogen) atoms. The van der Waals surface area contributed by atoms with E-state index in [1.807, 2.05) is 38.8 Å². The summed E-state index contributed by atoms with van der Waals surface area (Å²) in [5.41, 5.74) is 2.46. The van der Waals surface area contributed by atoms with Gasteiger partial charge < -0.3 is 9.69 Å². The van der Waals surface area contributed by atoms with Crippen LogP contribution in [0.4, 0.5) is 0 Å². The number of fused-ring (bicyclic) bond motifs is 2. The Morgan fingerprint density at radius 3 is 2.70 bits per heavy atom. The first-order valence-electron chi connectivity index (χ1n) is 8.01. The first kappa shape index (κ1) is 15.7. The lowest BCUT2D eigenvalue weighted by Crippen LogP contribution is -2.50. The number of aliphatic imine (C=N–C) groups is 1. The van der Waals surface area contributed by atoms with E-state index in [2.05, 4.69) is 18.3 Å². The summed E-state index contributed by atoms with van der Waals surface area (Å²) >= 11 is 0. The summed E-state index contributed by atoms with van der Waals surface area (Å²) in [7, 11) is 1.98. The second-order valence-corrected chi connectivity index (χ2v) is 7.56. The van der Waals surface area contributed by atoms with E-state index in [0.717, 1.165) is 30.1 Å². The lowest BCUT2D eigenvalue weighted by molar-refractivity contribution is -0.129. The highest BCUT2D eigenvalue weighted by Crippen LogP contribution is 2.59. The molecule has 3 rings (SSSR count). The van der Waals surface area contributed by atoms with Crippen molar-refractivity contribution in [1.29, 1.82) is 0 Å². The molecule has 0 spiro atoms. The second kappa shape index (κ2) is 4.67. The largest absolute Gasteiger partial charge is 0.333 e. The van der Waals surface area contributed by atoms with E-state index in [9.17, 15) is 4.79 Å². The third kappa shape index (κ3) is 1.89. The number of nitrogens with zero attached hydrogens (tertiary/aromatic N) is 3. The quantitative estimate of drug-likeness (QED) is 0.635. The van der Waals surface area contributed by atoms with Crippen molar-refractivity contribution >= 4 is 11.6 Å². The Labute approximate surface area is 138 Å². The molecule has 0 aromatic carbocycles. The summed E-state index contributed by atoms with van der Waals surface area (Å²) in [6.07, 6.45) is 3.66. The van der Waals surface area contributed by atoms with Gasteiger partial charge in [-0.05, 0) is 31.3 Å². The lowest BCUT2D eigenvalue weighted by atomic mass is 9.53. The summed E-state index contributed by atoms with van der Waals surface area (Å²) < 4.78 is 0. The Hall–Kier alpha value is -2.15. The van der Waals surface area contributed by atoms with Gasteiger partial charge >= 0.3 is 0 Å². The molecule has 0 aromatic rings. The Morgan fingerprint density at radius 1 is 1.43 bits per heavy atom. The fraction of sp³-hybridized carbons (Fsp3) is 0.526. The van der Waals surface area contributed by atoms with Crippen LogP contribution in [0.2, 0.25) is 0 Å². The number of carbonyl (C=O) groups is 1. The van der Waals surface area contributed by atoms with Crippen molar-refractivity contribution in [2.75, 3.05) is 7.05 Å². The van der Waals surface area contributed by atoms with Gasteiger partial charge in [-0.3, -0.25) is 0 Å². The fourth-order valence-electron chi connectivity index (χ4n) is 4.50. The van der Waals surface area contributed by atoms with E-state index in [4.69, 9.17) is 11.6 Å². The number of hydrogen-bond acceptors (Lipinski definition) is 3. The molecule has 0 amide bonds. The first-order chi connectivity index (χ1) is 10.6. The van der Waals surface area contributed by atoms with Gasteiger partial charge in [-0.25, -0.2) is 9.84 Å². The summed E-state index contributed by atoms with van der Waals surface area (Å²) in [4.78, 5) is 23.0. The Kier molecular flexibility index (Phi) is 3.20. The van der Waals surface area contributed by atoms with Gasteiger partial charge in [-0.15, -0.1) is 0 Å². The molecule has 3 aliphatic rings. The van der Waals surface area contributed by atoms with Gasteiger partial charge in [-0.1, -0.05) is 33.4 Å². The molecule has 4 heteroatoms. The molecule has 0 N–H and O–H groups in total. The number of amidine groups is 1. The zero-order valence-corrected chi connectivity index (χ0v) is 14.5. The predicted octanol–water partition coefficient (Wildman–Crippen LogP) is 3.95. The van der Waals surface area contributed by atoms with Crippen LogP contribution in [0, 0.1) is 23.3 Å². The van der Waals surface area contributed by atoms with Gasteiger partial charge in [0, 0.05) is 23.6 Å². The third-order valence-corrected chi connectivity index (χ3v) is 5.96. The molecule has 0 fully saturated rings. The predicted molar refractivity (Wildman–Crippen MR) is 91.3 cm³/mol. The molecular weight excluding hydrogens is 286 g/mol. The Bertz CT molecular complexity index is 760. The van der Waals surface area contributed by atoms with Crippen molar-refractivity contribution in [3.8, 4) is 0 Å². The van der Waals surface area contributed by atoms with Crippen LogP contribution in [-0.2, 0) is 4.79 Å². The molecule has 1 aliphatic heterocycles. The van der Waals surface area contributed by atoms with Crippen molar-refractivity contribution in [2.24, 2.45) is 21.7 Å². The summed E-state index contributed by atoms with van der Waals surface area (Å²) in [6, 6.07) is 0. The minimum Gasteiger partial charge on any atom is -0.333 e. The van der Waals surface area contributed by atoms with Crippen LogP contribution in [0.5, 0.6) is 0 Å². The van der Waals surface area contributed by atoms with Crippen LogP contribution in [0.1, 0.15) is 40.5 Å². The molecular formula is C19H23N3O. The first-order valence-corrected chi connectivity index (χ1v) is 8.01. The molecule has 0 bridgehead atoms. The highest BCUT2D eigenvalue weighted by atomic mass is 16.1. The van der Waals surface area contributed by atoms with E-state index in [-0.39, 0.29) is 17.4 Å². The van der Waals surface area contributed by atoms with Crippen LogP contribution in [-0.4, -0.2) is 23.6 Å². The van der Waals surface area contributed by atoms with E-state index >= 15 is 0 Å². The zero-order chi connectivity index (χ0) is 17.2. The van der Waals surface area contributed by atoms with Crippen LogP contribution in [0.15, 0.2) is 40.3 Å². The number of carbonyl (C=O) groups excluding carboxylic acids is 1. The van der Waals surface area contributed by atoms with Crippen molar-refractivity contribution in [3.05, 3.63) is 46.7 Å². The fourth-order valence-corrected chi connectivity index (χ4v) is 4.50. The average molecular weight is 309 g/mol. The topological polar surface area (TPSA) is 37.0 Å². The van der Waals surface area contributed by atoms with Gasteiger partial charge in [0.15, 0.2) is 5.78 Å². The molecule has 0 radical (unpaired) electrons. The number of Topliss-reactive ketones (excluding diaryl/α,β-unsaturated/α-hetero) is 1. The summed E-state index contributed by atoms with van der Waals surface area (Å²) in [5.74, 6) is 1.02. The highest BCUT2D eigenvalue weighted by molar-refractivity contribution is 6.02. The molecule has 0 unspecified atom stereocenters. The Morgan fingerprint density at radius 2 is 2.09 bits per heavy atom. The molecule has 0 saturated carbocycles. The molecule has 2 aliphatic carbocycles. The number of ketones is 1. The standard InChI is InChI=1S/C19H23N3O/c1-11-13-8-9-15-18(3,4)17(23)14(20-6)10-19(15,5)16(13)21-12(2)22(11)7/h10,15H,1,8-9H2,2-5,7H3/t15-,19-/m0/s1. The SMILES string of the molecule is [C-]#[N+]C1=C[C@]2(C)C3=C(CC[C@H]2C(C)(C)C1=O)C(=C)N(C)C(C)=N3. The van der Waals surface area contributed by atoms with Crippen LogP contribution < -0.4 is 0 Å². The summed E-state index contributed by atoms with van der Waals surface area (Å²) in [5, 5.41) is 0. The van der Waals surface area contributed by atoms with E-state index < -0.39 is 10.8 Å². The molecule has 2 atom stereocenters. The van der Waals surface area contributed by atoms with Crippen molar-refractivity contribution in [3.63, 3.8) is 0 Å². The van der Waals surface area contributed by atoms with Gasteiger partial charge in [0.05, 0.1) is 12.3 Å². The second-order valence-electron chi connectivity index (χ2n) is 7.56. The number of likely N-dealkylation sites (N-methyl/N-ethyl adjacent to an activating group) is 1. The van der Waals surface area contributed by atoms with Crippen molar-refractivity contribution in [1.82, 2.24) is 4.90 Å². The summed E-state index contributed by atoms with van der Waals surface area (Å²) in [6.45, 7) is 19.7. The van der Waals surface area contributed by atoms with Crippen molar-refractivity contribution in [2.45, 2.75) is 40.5 Å². The molecule has 4 nitrogen and oxygen atoms in total. The lowest BCUT2D eigenvalue weighted by Gasteiger charge is -2.52. The minimum atomic E-state index is -0.546. The average Bonchev–Trinajstić information content (AvgIpc) is 2.49. The van der Waals surface area contributed by atoms with E-state index in [1.54, 1.807) is 0 Å². The monoisotopic (exact) mass is 309 g/mol. The minimum absolute atomic E-state index is 0.0357. The molecule has 0 aromatic heterocycles. The molecule has 1 heterocycles. The smallest absolute Gasteiger partial charge is 0.226 e. The van der Waals surface area contributed by atoms with Gasteiger partial charge in [0.2, 0.25) is 5.70 Å². The number of allylic oxidation sites excluding steroid dienone is 3. The maximum atomic E-state index is 12.7. The van der Waals surface area contributed by atoms with Crippen molar-refractivity contribution < 1.29 is 4.79 Å². The van der Waals surface area contributed by atoms with E-state index in [0.29, 0.717) is 0 Å². The number of rotatable bonds is 0. The molecule has 120 valence electrons. The van der Waals surface area contributed by atoms with Gasteiger partial charge in [0.25, 0.3) is 0 Å². The number of hydrogen-bond donors (Lipinski definition) is 0. The third-order valence-electron chi connectivity index (χ3n) is 5.96. The van der Waals surface area contributed by atoms with Crippen LogP contribution in [0.3, 0.4) is 0 Å². The maximum absolute atomic E-state index is 12.7.